The van der Waals surface area contributed by atoms with Crippen LogP contribution in [0.4, 0.5) is 17.6 Å². The Morgan fingerprint density at radius 3 is 2.41 bits per heavy atom. The molecule has 2 heterocycles. The molecule has 194 valence electrons. The van der Waals surface area contributed by atoms with Crippen LogP contribution in [-0.2, 0) is 15.2 Å². The maximum Gasteiger partial charge on any atom is 0.435 e. The summed E-state index contributed by atoms with van der Waals surface area (Å²) in [5.41, 5.74) is 0.0752. The fourth-order valence-corrected chi connectivity index (χ4v) is 4.26. The van der Waals surface area contributed by atoms with Gasteiger partial charge in [-0.15, -0.1) is 0 Å². The number of fused-ring (bicyclic) bond motifs is 1. The van der Waals surface area contributed by atoms with Crippen LogP contribution < -0.4 is 16.7 Å². The van der Waals surface area contributed by atoms with Crippen molar-refractivity contribution in [3.05, 3.63) is 79.4 Å². The quantitative estimate of drug-likeness (QED) is 0.272. The van der Waals surface area contributed by atoms with Crippen molar-refractivity contribution in [1.82, 2.24) is 5.32 Å². The second kappa shape index (κ2) is 9.34. The van der Waals surface area contributed by atoms with Gasteiger partial charge in [0.2, 0.25) is 5.91 Å². The Hall–Kier alpha value is -3.64. The number of oxime groups is 1. The van der Waals surface area contributed by atoms with Gasteiger partial charge in [0.1, 0.15) is 6.04 Å². The largest absolute Gasteiger partial charge is 0.435 e. The minimum atomic E-state index is -5.05. The van der Waals surface area contributed by atoms with Gasteiger partial charge in [-0.2, -0.15) is 13.2 Å². The fourth-order valence-electron chi connectivity index (χ4n) is 3.77. The number of nitrogens with zero attached hydrogens (tertiary/aromatic N) is 1. The second-order valence-electron chi connectivity index (χ2n) is 8.14. The Bertz CT molecular complexity index is 1520. The summed E-state index contributed by atoms with van der Waals surface area (Å²) < 4.78 is 62.1. The lowest BCUT2D eigenvalue weighted by Crippen LogP contribution is -2.42. The summed E-state index contributed by atoms with van der Waals surface area (Å²) in [4.78, 5) is 40.8. The highest BCUT2D eigenvalue weighted by atomic mass is 35.5. The third-order valence-electron chi connectivity index (χ3n) is 5.75. The molecule has 3 aromatic rings. The molecule has 0 radical (unpaired) electrons. The van der Waals surface area contributed by atoms with Crippen LogP contribution in [0.3, 0.4) is 0 Å². The summed E-state index contributed by atoms with van der Waals surface area (Å²) in [5.74, 6) is -2.73. The molecule has 2 aromatic carbocycles. The summed E-state index contributed by atoms with van der Waals surface area (Å²) in [7, 11) is 0. The van der Waals surface area contributed by atoms with Crippen molar-refractivity contribution in [3.63, 3.8) is 0 Å². The van der Waals surface area contributed by atoms with E-state index >= 15 is 0 Å². The summed E-state index contributed by atoms with van der Waals surface area (Å²) in [6.07, 6.45) is -5.93. The number of benzene rings is 2. The van der Waals surface area contributed by atoms with Crippen molar-refractivity contribution in [2.45, 2.75) is 31.2 Å². The third kappa shape index (κ3) is 4.62. The summed E-state index contributed by atoms with van der Waals surface area (Å²) in [5, 5.41) is 4.75. The van der Waals surface area contributed by atoms with Gasteiger partial charge in [-0.3, -0.25) is 9.59 Å². The molecule has 3 N–H and O–H groups in total. The molecule has 1 aromatic heterocycles. The van der Waals surface area contributed by atoms with E-state index in [1.807, 2.05) is 0 Å². The number of hydrogen-bond donors (Lipinski definition) is 2. The highest BCUT2D eigenvalue weighted by Crippen LogP contribution is 2.50. The number of primary amides is 1. The van der Waals surface area contributed by atoms with Crippen LogP contribution in [-0.4, -0.2) is 29.7 Å². The Labute approximate surface area is 214 Å². The van der Waals surface area contributed by atoms with Crippen molar-refractivity contribution < 1.29 is 36.4 Å². The summed E-state index contributed by atoms with van der Waals surface area (Å²) in [6.45, 7) is 1.34. The Balaban J connectivity index is 1.81. The maximum absolute atomic E-state index is 14.3. The highest BCUT2D eigenvalue weighted by Gasteiger charge is 2.62. The standard InChI is InChI=1S/C23H15Cl2F4N3O5/c1-9(20(30)34)31-21(35)13-3-2-11(12-4-5-17(33)36-19(12)13)16-8-22(37-32-16,23(27,28)29)10-6-14(24)18(26)15(25)7-10/h2-7,9H,8H2,1H3,(H2,30,34)(H,31,35). The van der Waals surface area contributed by atoms with Crippen LogP contribution in [0.1, 0.15) is 34.8 Å². The number of carbonyl (C=O) groups excluding carboxylic acids is 2. The highest BCUT2D eigenvalue weighted by molar-refractivity contribution is 6.35. The van der Waals surface area contributed by atoms with E-state index in [2.05, 4.69) is 10.5 Å². The molecule has 1 aliphatic rings. The van der Waals surface area contributed by atoms with Crippen LogP contribution in [0, 0.1) is 5.82 Å². The van der Waals surface area contributed by atoms with Gasteiger partial charge in [-0.1, -0.05) is 34.4 Å². The van der Waals surface area contributed by atoms with Crippen molar-refractivity contribution >= 4 is 51.7 Å². The first-order valence-corrected chi connectivity index (χ1v) is 11.1. The molecule has 0 saturated carbocycles. The number of alkyl halides is 3. The Morgan fingerprint density at radius 1 is 1.16 bits per heavy atom. The predicted molar refractivity (Wildman–Crippen MR) is 125 cm³/mol. The van der Waals surface area contributed by atoms with Gasteiger partial charge in [0.05, 0.1) is 21.3 Å². The van der Waals surface area contributed by atoms with Gasteiger partial charge in [0.15, 0.2) is 11.4 Å². The minimum absolute atomic E-state index is 0.0590. The number of amides is 2. The van der Waals surface area contributed by atoms with Crippen molar-refractivity contribution in [3.8, 4) is 0 Å². The van der Waals surface area contributed by atoms with E-state index in [9.17, 15) is 31.9 Å². The second-order valence-corrected chi connectivity index (χ2v) is 8.95. The Kier molecular flexibility index (Phi) is 6.67. The normalized spacial score (nSPS) is 18.3. The van der Waals surface area contributed by atoms with Gasteiger partial charge in [0, 0.05) is 29.0 Å². The lowest BCUT2D eigenvalue weighted by Gasteiger charge is -2.29. The molecule has 1 aliphatic heterocycles. The molecular weight excluding hydrogens is 545 g/mol. The monoisotopic (exact) mass is 559 g/mol. The van der Waals surface area contributed by atoms with Crippen molar-refractivity contribution in [2.75, 3.05) is 0 Å². The van der Waals surface area contributed by atoms with Crippen LogP contribution in [0.2, 0.25) is 10.0 Å². The first-order valence-electron chi connectivity index (χ1n) is 10.4. The maximum atomic E-state index is 14.3. The van der Waals surface area contributed by atoms with E-state index < -0.39 is 63.1 Å². The van der Waals surface area contributed by atoms with E-state index in [4.69, 9.17) is 38.2 Å². The smallest absolute Gasteiger partial charge is 0.422 e. The molecule has 14 heteroatoms. The van der Waals surface area contributed by atoms with E-state index in [1.54, 1.807) is 0 Å². The Morgan fingerprint density at radius 2 is 1.81 bits per heavy atom. The molecule has 4 rings (SSSR count). The van der Waals surface area contributed by atoms with Gasteiger partial charge < -0.3 is 20.3 Å². The molecule has 2 atom stereocenters. The predicted octanol–water partition coefficient (Wildman–Crippen LogP) is 4.42. The van der Waals surface area contributed by atoms with Crippen molar-refractivity contribution in [2.24, 2.45) is 10.9 Å². The average Bonchev–Trinajstić information content (AvgIpc) is 3.28. The molecule has 0 fully saturated rings. The molecule has 37 heavy (non-hydrogen) atoms. The SMILES string of the molecule is CC(NC(=O)c1ccc(C2=NOC(c3cc(Cl)c(F)c(Cl)c3)(C(F)(F)F)C2)c2ccc(=O)oc12)C(N)=O. The minimum Gasteiger partial charge on any atom is -0.422 e. The zero-order valence-electron chi connectivity index (χ0n) is 18.6. The molecule has 0 bridgehead atoms. The molecule has 0 saturated heterocycles. The van der Waals surface area contributed by atoms with E-state index in [-0.39, 0.29) is 27.8 Å². The van der Waals surface area contributed by atoms with Gasteiger partial charge in [-0.05, 0) is 31.2 Å². The van der Waals surface area contributed by atoms with Gasteiger partial charge in [-0.25, -0.2) is 9.18 Å². The lowest BCUT2D eigenvalue weighted by molar-refractivity contribution is -0.275. The van der Waals surface area contributed by atoms with Crippen molar-refractivity contribution in [1.29, 1.82) is 0 Å². The van der Waals surface area contributed by atoms with Crippen LogP contribution in [0.15, 0.2) is 50.8 Å². The van der Waals surface area contributed by atoms with E-state index in [1.165, 1.54) is 25.1 Å². The number of nitrogens with one attached hydrogen (secondary N) is 1. The molecule has 0 aliphatic carbocycles. The van der Waals surface area contributed by atoms with Crippen LogP contribution in [0.25, 0.3) is 11.0 Å². The van der Waals surface area contributed by atoms with Crippen LogP contribution in [0.5, 0.6) is 0 Å². The zero-order chi connectivity index (χ0) is 27.3. The number of hydrogen-bond acceptors (Lipinski definition) is 6. The number of halogens is 6. The molecule has 0 spiro atoms. The number of rotatable bonds is 5. The topological polar surface area (TPSA) is 124 Å². The van der Waals surface area contributed by atoms with E-state index in [0.29, 0.717) is 0 Å². The number of nitrogens with two attached hydrogens (primary N) is 1. The van der Waals surface area contributed by atoms with Gasteiger partial charge >= 0.3 is 11.8 Å². The third-order valence-corrected chi connectivity index (χ3v) is 6.30. The number of carbonyl (C=O) groups is 2. The fraction of sp³-hybridized carbons (Fsp3) is 0.217. The zero-order valence-corrected chi connectivity index (χ0v) is 20.1. The lowest BCUT2D eigenvalue weighted by atomic mass is 9.85. The summed E-state index contributed by atoms with van der Waals surface area (Å²) >= 11 is 11.5. The first-order chi connectivity index (χ1) is 17.2. The first kappa shape index (κ1) is 26.4. The van der Waals surface area contributed by atoms with Crippen LogP contribution >= 0.6 is 23.2 Å². The average molecular weight is 560 g/mol. The molecule has 2 amide bonds. The van der Waals surface area contributed by atoms with E-state index in [0.717, 1.165) is 18.2 Å². The summed E-state index contributed by atoms with van der Waals surface area (Å²) in [6, 6.07) is 5.15. The molecule has 2 unspecified atom stereocenters. The molecular formula is C23H15Cl2F4N3O5. The molecule has 8 nitrogen and oxygen atoms in total. The van der Waals surface area contributed by atoms with Gasteiger partial charge in [0.25, 0.3) is 11.5 Å².